The summed E-state index contributed by atoms with van der Waals surface area (Å²) in [6, 6.07) is 10.2. The monoisotopic (exact) mass is 512 g/mol. The van der Waals surface area contributed by atoms with Crippen LogP contribution in [0.3, 0.4) is 0 Å². The summed E-state index contributed by atoms with van der Waals surface area (Å²) in [5.41, 5.74) is 0.902. The van der Waals surface area contributed by atoms with Crippen molar-refractivity contribution < 1.29 is 16.8 Å². The van der Waals surface area contributed by atoms with Crippen LogP contribution in [0.5, 0.6) is 0 Å². The van der Waals surface area contributed by atoms with Crippen LogP contribution in [0, 0.1) is 6.42 Å². The zero-order valence-corrected chi connectivity index (χ0v) is 22.3. The molecule has 0 aliphatic heterocycles. The zero-order valence-electron chi connectivity index (χ0n) is 19.9. The second kappa shape index (κ2) is 14.2. The molecule has 0 unspecified atom stereocenters. The van der Waals surface area contributed by atoms with Crippen molar-refractivity contribution in [1.82, 2.24) is 4.72 Å². The Balaban J connectivity index is 1.67. The Morgan fingerprint density at radius 3 is 1.94 bits per heavy atom. The third-order valence-electron chi connectivity index (χ3n) is 5.57. The van der Waals surface area contributed by atoms with E-state index in [-0.39, 0.29) is 4.90 Å². The first kappa shape index (κ1) is 28.0. The lowest BCUT2D eigenvalue weighted by Crippen LogP contribution is -2.23. The molecule has 0 saturated carbocycles. The van der Waals surface area contributed by atoms with Crippen LogP contribution < -0.4 is 4.72 Å². The number of sulfone groups is 1. The Hall–Kier alpha value is -1.22. The average Bonchev–Trinajstić information content (AvgIpc) is 3.26. The van der Waals surface area contributed by atoms with E-state index in [1.807, 2.05) is 12.5 Å². The van der Waals surface area contributed by atoms with E-state index in [1.54, 1.807) is 30.3 Å². The molecule has 33 heavy (non-hydrogen) atoms. The summed E-state index contributed by atoms with van der Waals surface area (Å²) < 4.78 is 51.2. The van der Waals surface area contributed by atoms with Crippen LogP contribution in [0.25, 0.3) is 0 Å². The summed E-state index contributed by atoms with van der Waals surface area (Å²) in [5.74, 6) is 0. The first-order chi connectivity index (χ1) is 15.7. The van der Waals surface area contributed by atoms with Gasteiger partial charge in [-0.1, -0.05) is 76.8 Å². The Morgan fingerprint density at radius 1 is 0.788 bits per heavy atom. The number of benzene rings is 1. The number of nitrogens with one attached hydrogen (secondary N) is 1. The number of unbranched alkanes of at least 4 members (excludes halogenated alkanes) is 9. The maximum absolute atomic E-state index is 12.5. The van der Waals surface area contributed by atoms with E-state index in [2.05, 4.69) is 11.6 Å². The number of hydrogen-bond donors (Lipinski definition) is 1. The van der Waals surface area contributed by atoms with Crippen molar-refractivity contribution in [2.45, 2.75) is 86.7 Å². The van der Waals surface area contributed by atoms with Gasteiger partial charge in [-0.05, 0) is 49.1 Å². The fourth-order valence-corrected chi connectivity index (χ4v) is 6.64. The standard InChI is InChI=1S/C25H38NO4S3/c1-3-4-5-6-7-8-9-10-11-12-21-26-33(29,30)25-20-17-23(31-25)16-13-22-14-18-24(19-15-22)32(2,27)28/h13-15,17-20,26H,3-12,16,21H2,1-2H3. The molecule has 0 aliphatic rings. The fourth-order valence-electron chi connectivity index (χ4n) is 3.57. The summed E-state index contributed by atoms with van der Waals surface area (Å²) in [5, 5.41) is 0. The first-order valence-electron chi connectivity index (χ1n) is 11.9. The highest BCUT2D eigenvalue weighted by Gasteiger charge is 2.16. The van der Waals surface area contributed by atoms with Gasteiger partial charge in [0.1, 0.15) is 4.21 Å². The molecule has 185 valence electrons. The third kappa shape index (κ3) is 10.7. The van der Waals surface area contributed by atoms with Gasteiger partial charge < -0.3 is 0 Å². The lowest BCUT2D eigenvalue weighted by Gasteiger charge is -2.05. The van der Waals surface area contributed by atoms with E-state index in [0.29, 0.717) is 17.2 Å². The summed E-state index contributed by atoms with van der Waals surface area (Å²) in [7, 11) is -6.67. The SMILES string of the molecule is CCCCCCCCCCCCNS(=O)(=O)c1ccc(C[CH]c2ccc(S(C)(=O)=O)cc2)s1. The van der Waals surface area contributed by atoms with Crippen LogP contribution in [0.4, 0.5) is 0 Å². The van der Waals surface area contributed by atoms with E-state index < -0.39 is 19.9 Å². The molecule has 0 spiro atoms. The van der Waals surface area contributed by atoms with Gasteiger partial charge in [0.2, 0.25) is 10.0 Å². The van der Waals surface area contributed by atoms with Gasteiger partial charge in [0.15, 0.2) is 9.84 Å². The van der Waals surface area contributed by atoms with Crippen LogP contribution in [-0.4, -0.2) is 29.6 Å². The van der Waals surface area contributed by atoms with E-state index in [1.165, 1.54) is 69.0 Å². The minimum Gasteiger partial charge on any atom is -0.224 e. The van der Waals surface area contributed by atoms with Gasteiger partial charge in [0.05, 0.1) is 4.90 Å². The Morgan fingerprint density at radius 2 is 1.36 bits per heavy atom. The second-order valence-electron chi connectivity index (χ2n) is 8.55. The van der Waals surface area contributed by atoms with Crippen LogP contribution in [0.15, 0.2) is 45.5 Å². The van der Waals surface area contributed by atoms with E-state index in [0.717, 1.165) is 23.3 Å². The highest BCUT2D eigenvalue weighted by atomic mass is 32.2. The molecule has 0 atom stereocenters. The topological polar surface area (TPSA) is 80.3 Å². The first-order valence-corrected chi connectivity index (χ1v) is 16.1. The molecule has 0 fully saturated rings. The largest absolute Gasteiger partial charge is 0.250 e. The van der Waals surface area contributed by atoms with Gasteiger partial charge in [-0.25, -0.2) is 21.6 Å². The Bertz CT molecular complexity index is 1030. The quantitative estimate of drug-likeness (QED) is 0.258. The average molecular weight is 513 g/mol. The maximum atomic E-state index is 12.5. The molecule has 8 heteroatoms. The lowest BCUT2D eigenvalue weighted by atomic mass is 10.1. The van der Waals surface area contributed by atoms with Crippen LogP contribution in [0.1, 0.15) is 81.6 Å². The molecule has 1 N–H and O–H groups in total. The molecular weight excluding hydrogens is 474 g/mol. The number of sulfonamides is 1. The summed E-state index contributed by atoms with van der Waals surface area (Å²) in [4.78, 5) is 1.24. The van der Waals surface area contributed by atoms with Crippen molar-refractivity contribution in [2.24, 2.45) is 0 Å². The van der Waals surface area contributed by atoms with E-state index in [9.17, 15) is 16.8 Å². The lowest BCUT2D eigenvalue weighted by molar-refractivity contribution is 0.549. The number of hydrogen-bond acceptors (Lipinski definition) is 5. The van der Waals surface area contributed by atoms with Crippen LogP contribution >= 0.6 is 11.3 Å². The maximum Gasteiger partial charge on any atom is 0.250 e. The molecule has 0 aliphatic carbocycles. The summed E-state index contributed by atoms with van der Waals surface area (Å²) in [6.07, 6.45) is 16.0. The fraction of sp³-hybridized carbons (Fsp3) is 0.560. The third-order valence-corrected chi connectivity index (χ3v) is 9.76. The number of rotatable bonds is 17. The summed E-state index contributed by atoms with van der Waals surface area (Å²) >= 11 is 1.27. The molecule has 0 saturated heterocycles. The molecule has 1 heterocycles. The molecule has 1 aromatic carbocycles. The van der Waals surface area contributed by atoms with Crippen molar-refractivity contribution in [2.75, 3.05) is 12.8 Å². The van der Waals surface area contributed by atoms with Gasteiger partial charge in [-0.15, -0.1) is 11.3 Å². The molecule has 1 radical (unpaired) electrons. The van der Waals surface area contributed by atoms with Crippen molar-refractivity contribution >= 4 is 31.2 Å². The molecule has 2 rings (SSSR count). The summed E-state index contributed by atoms with van der Waals surface area (Å²) in [6.45, 7) is 2.71. The van der Waals surface area contributed by atoms with Gasteiger partial charge in [-0.3, -0.25) is 0 Å². The predicted octanol–water partition coefficient (Wildman–Crippen LogP) is 6.15. The highest BCUT2D eigenvalue weighted by molar-refractivity contribution is 7.91. The van der Waals surface area contributed by atoms with E-state index in [4.69, 9.17) is 0 Å². The number of thiophene rings is 1. The van der Waals surface area contributed by atoms with Gasteiger partial charge in [0, 0.05) is 17.7 Å². The van der Waals surface area contributed by atoms with Gasteiger partial charge >= 0.3 is 0 Å². The van der Waals surface area contributed by atoms with Crippen molar-refractivity contribution in [1.29, 1.82) is 0 Å². The normalized spacial score (nSPS) is 12.3. The minimum absolute atomic E-state index is 0.289. The van der Waals surface area contributed by atoms with Gasteiger partial charge in [0.25, 0.3) is 0 Å². The van der Waals surface area contributed by atoms with Crippen molar-refractivity contribution in [3.8, 4) is 0 Å². The van der Waals surface area contributed by atoms with Crippen LogP contribution in [0.2, 0.25) is 0 Å². The molecular formula is C25H38NO4S3. The smallest absolute Gasteiger partial charge is 0.224 e. The van der Waals surface area contributed by atoms with E-state index >= 15 is 0 Å². The van der Waals surface area contributed by atoms with Crippen molar-refractivity contribution in [3.05, 3.63) is 53.3 Å². The molecule has 1 aromatic heterocycles. The molecule has 0 bridgehead atoms. The highest BCUT2D eigenvalue weighted by Crippen LogP contribution is 2.24. The minimum atomic E-state index is -3.47. The Kier molecular flexibility index (Phi) is 12.1. The molecule has 0 amide bonds. The molecule has 2 aromatic rings. The molecule has 5 nitrogen and oxygen atoms in total. The van der Waals surface area contributed by atoms with Crippen LogP contribution in [-0.2, 0) is 26.3 Å². The predicted molar refractivity (Wildman–Crippen MR) is 138 cm³/mol. The second-order valence-corrected chi connectivity index (χ2v) is 13.7. The van der Waals surface area contributed by atoms with Crippen molar-refractivity contribution in [3.63, 3.8) is 0 Å². The van der Waals surface area contributed by atoms with Gasteiger partial charge in [-0.2, -0.15) is 0 Å². The Labute approximate surface area is 205 Å². The zero-order chi connectivity index (χ0) is 24.2.